The van der Waals surface area contributed by atoms with Gasteiger partial charge in [-0.15, -0.1) is 11.8 Å². The Hall–Kier alpha value is -3.09. The largest absolute Gasteiger partial charge is 0.341 e. The fourth-order valence-electron chi connectivity index (χ4n) is 3.28. The third-order valence-corrected chi connectivity index (χ3v) is 6.25. The number of carbonyl (C=O) groups is 1. The van der Waals surface area contributed by atoms with Crippen LogP contribution in [0.25, 0.3) is 16.9 Å². The number of hydrogen-bond acceptors (Lipinski definition) is 4. The van der Waals surface area contributed by atoms with E-state index >= 15 is 0 Å². The van der Waals surface area contributed by atoms with Crippen molar-refractivity contribution in [1.82, 2.24) is 19.7 Å². The number of para-hydroxylation sites is 1. The van der Waals surface area contributed by atoms with Gasteiger partial charge in [0.15, 0.2) is 0 Å². The van der Waals surface area contributed by atoms with Gasteiger partial charge >= 0.3 is 0 Å². The van der Waals surface area contributed by atoms with E-state index in [1.54, 1.807) is 29.1 Å². The smallest absolute Gasteiger partial charge is 0.232 e. The molecule has 0 fully saturated rings. The quantitative estimate of drug-likeness (QED) is 0.348. The summed E-state index contributed by atoms with van der Waals surface area (Å²) in [5.74, 6) is 1.28. The standard InChI is InChI=1S/C25H23ClN4OS/c1-29(24(31)18-32-17-19-11-13-27-14-12-19)15-21-16-30(23-5-3-2-4-6-23)28-25(21)20-7-9-22(26)10-8-20/h2-14,16H,15,17-18H2,1H3. The van der Waals surface area contributed by atoms with Gasteiger partial charge in [-0.2, -0.15) is 5.10 Å². The fourth-order valence-corrected chi connectivity index (χ4v) is 4.33. The van der Waals surface area contributed by atoms with Crippen LogP contribution in [-0.4, -0.2) is 38.4 Å². The maximum absolute atomic E-state index is 12.8. The van der Waals surface area contributed by atoms with Crippen molar-refractivity contribution in [2.45, 2.75) is 12.3 Å². The van der Waals surface area contributed by atoms with Crippen LogP contribution in [0.15, 0.2) is 85.3 Å². The van der Waals surface area contributed by atoms with E-state index in [2.05, 4.69) is 4.98 Å². The molecule has 2 aromatic heterocycles. The van der Waals surface area contributed by atoms with Crippen LogP contribution in [0.3, 0.4) is 0 Å². The van der Waals surface area contributed by atoms with Crippen LogP contribution in [0.1, 0.15) is 11.1 Å². The minimum atomic E-state index is 0.0820. The summed E-state index contributed by atoms with van der Waals surface area (Å²) < 4.78 is 1.86. The summed E-state index contributed by atoms with van der Waals surface area (Å²) in [7, 11) is 1.83. The highest BCUT2D eigenvalue weighted by atomic mass is 35.5. The SMILES string of the molecule is CN(Cc1cn(-c2ccccc2)nc1-c1ccc(Cl)cc1)C(=O)CSCc1ccncc1. The molecule has 0 saturated carbocycles. The van der Waals surface area contributed by atoms with Gasteiger partial charge in [0.2, 0.25) is 5.91 Å². The zero-order valence-electron chi connectivity index (χ0n) is 17.7. The zero-order valence-corrected chi connectivity index (χ0v) is 19.3. The molecule has 0 aliphatic rings. The van der Waals surface area contributed by atoms with Crippen molar-refractivity contribution < 1.29 is 4.79 Å². The minimum Gasteiger partial charge on any atom is -0.341 e. The molecule has 0 aliphatic carbocycles. The highest BCUT2D eigenvalue weighted by molar-refractivity contribution is 7.99. The summed E-state index contributed by atoms with van der Waals surface area (Å²) >= 11 is 7.68. The molecule has 4 aromatic rings. The summed E-state index contributed by atoms with van der Waals surface area (Å²) in [6, 6.07) is 21.5. The summed E-state index contributed by atoms with van der Waals surface area (Å²) in [5, 5.41) is 5.50. The predicted octanol–water partition coefficient (Wildman–Crippen LogP) is 5.48. The molecule has 5 nitrogen and oxygen atoms in total. The van der Waals surface area contributed by atoms with Crippen molar-refractivity contribution in [2.75, 3.05) is 12.8 Å². The second kappa shape index (κ2) is 10.5. The molecule has 0 atom stereocenters. The molecule has 0 bridgehead atoms. The number of pyridine rings is 1. The Morgan fingerprint density at radius 1 is 1.03 bits per heavy atom. The molecule has 2 aromatic carbocycles. The molecule has 162 valence electrons. The fraction of sp³-hybridized carbons (Fsp3) is 0.160. The van der Waals surface area contributed by atoms with Crippen LogP contribution in [0.5, 0.6) is 0 Å². The number of thioether (sulfide) groups is 1. The van der Waals surface area contributed by atoms with Gasteiger partial charge in [0.1, 0.15) is 0 Å². The van der Waals surface area contributed by atoms with Gasteiger partial charge in [-0.25, -0.2) is 4.68 Å². The molecule has 0 spiro atoms. The van der Waals surface area contributed by atoms with Crippen molar-refractivity contribution in [3.05, 3.63) is 101 Å². The molecule has 0 N–H and O–H groups in total. The summed E-state index contributed by atoms with van der Waals surface area (Å²) in [5.41, 5.74) is 4.92. The summed E-state index contributed by atoms with van der Waals surface area (Å²) in [4.78, 5) is 18.5. The first-order valence-electron chi connectivity index (χ1n) is 10.2. The van der Waals surface area contributed by atoms with Gasteiger partial charge in [0.25, 0.3) is 0 Å². The van der Waals surface area contributed by atoms with Gasteiger partial charge in [-0.1, -0.05) is 41.9 Å². The number of hydrogen-bond donors (Lipinski definition) is 0. The molecule has 7 heteroatoms. The van der Waals surface area contributed by atoms with E-state index < -0.39 is 0 Å². The third-order valence-electron chi connectivity index (χ3n) is 5.01. The van der Waals surface area contributed by atoms with Gasteiger partial charge < -0.3 is 4.90 Å². The highest BCUT2D eigenvalue weighted by Crippen LogP contribution is 2.26. The molecule has 4 rings (SSSR count). The van der Waals surface area contributed by atoms with E-state index in [9.17, 15) is 4.79 Å². The molecule has 1 amide bonds. The van der Waals surface area contributed by atoms with Crippen molar-refractivity contribution >= 4 is 29.3 Å². The molecule has 0 saturated heterocycles. The number of amides is 1. The van der Waals surface area contributed by atoms with E-state index in [-0.39, 0.29) is 5.91 Å². The average molecular weight is 463 g/mol. The van der Waals surface area contributed by atoms with Crippen LogP contribution in [-0.2, 0) is 17.1 Å². The number of nitrogens with zero attached hydrogens (tertiary/aromatic N) is 4. The van der Waals surface area contributed by atoms with Crippen molar-refractivity contribution in [3.8, 4) is 16.9 Å². The van der Waals surface area contributed by atoms with Crippen molar-refractivity contribution in [1.29, 1.82) is 0 Å². The van der Waals surface area contributed by atoms with Crippen LogP contribution >= 0.6 is 23.4 Å². The lowest BCUT2D eigenvalue weighted by Gasteiger charge is -2.17. The predicted molar refractivity (Wildman–Crippen MR) is 131 cm³/mol. The highest BCUT2D eigenvalue weighted by Gasteiger charge is 2.17. The van der Waals surface area contributed by atoms with Crippen LogP contribution in [0.4, 0.5) is 0 Å². The third kappa shape index (κ3) is 5.58. The van der Waals surface area contributed by atoms with Crippen molar-refractivity contribution in [2.24, 2.45) is 0 Å². The lowest BCUT2D eigenvalue weighted by Crippen LogP contribution is -2.27. The number of aromatic nitrogens is 3. The Labute approximate surface area is 197 Å². The first-order chi connectivity index (χ1) is 15.6. The molecule has 2 heterocycles. The van der Waals surface area contributed by atoms with Gasteiger partial charge in [0.05, 0.1) is 17.1 Å². The van der Waals surface area contributed by atoms with Crippen LogP contribution in [0.2, 0.25) is 5.02 Å². The molecule has 0 unspecified atom stereocenters. The van der Waals surface area contributed by atoms with Gasteiger partial charge in [0, 0.05) is 54.1 Å². The summed E-state index contributed by atoms with van der Waals surface area (Å²) in [6.07, 6.45) is 5.53. The van der Waals surface area contributed by atoms with E-state index in [1.807, 2.05) is 84.7 Å². The maximum atomic E-state index is 12.8. The molecular weight excluding hydrogens is 440 g/mol. The van der Waals surface area contributed by atoms with Crippen LogP contribution in [0, 0.1) is 0 Å². The number of carbonyl (C=O) groups excluding carboxylic acids is 1. The number of halogens is 1. The van der Waals surface area contributed by atoms with Crippen molar-refractivity contribution in [3.63, 3.8) is 0 Å². The molecule has 32 heavy (non-hydrogen) atoms. The van der Waals surface area contributed by atoms with Gasteiger partial charge in [-0.05, 0) is 42.0 Å². The minimum absolute atomic E-state index is 0.0820. The number of benzene rings is 2. The Balaban J connectivity index is 1.50. The monoisotopic (exact) mass is 462 g/mol. The van der Waals surface area contributed by atoms with E-state index in [0.29, 0.717) is 17.3 Å². The Kier molecular flexibility index (Phi) is 7.24. The first-order valence-corrected chi connectivity index (χ1v) is 11.7. The van der Waals surface area contributed by atoms with E-state index in [4.69, 9.17) is 16.7 Å². The molecule has 0 radical (unpaired) electrons. The van der Waals surface area contributed by atoms with Gasteiger partial charge in [-0.3, -0.25) is 9.78 Å². The molecular formula is C25H23ClN4OS. The maximum Gasteiger partial charge on any atom is 0.232 e. The van der Waals surface area contributed by atoms with Crippen LogP contribution < -0.4 is 0 Å². The molecule has 0 aliphatic heterocycles. The lowest BCUT2D eigenvalue weighted by atomic mass is 10.1. The summed E-state index contributed by atoms with van der Waals surface area (Å²) in [6.45, 7) is 0.472. The zero-order chi connectivity index (χ0) is 22.3. The Morgan fingerprint density at radius 3 is 2.47 bits per heavy atom. The Morgan fingerprint density at radius 2 is 1.75 bits per heavy atom. The van der Waals surface area contributed by atoms with E-state index in [1.165, 1.54) is 0 Å². The number of rotatable bonds is 8. The lowest BCUT2D eigenvalue weighted by molar-refractivity contribution is -0.127. The topological polar surface area (TPSA) is 51.0 Å². The van der Waals surface area contributed by atoms with E-state index in [0.717, 1.165) is 33.8 Å². The average Bonchev–Trinajstić information content (AvgIpc) is 3.24. The first kappa shape index (κ1) is 22.1. The Bertz CT molecular complexity index is 1160. The second-order valence-corrected chi connectivity index (χ2v) is 8.81. The normalized spacial score (nSPS) is 10.8. The second-order valence-electron chi connectivity index (χ2n) is 7.39.